The smallest absolute Gasteiger partial charge is 0.744 e. The SMILES string of the molecule is NNc1cc(S(=O)(=O)[O-])c(Br)c(S(=O)(=O)[O-])c1.[Na+].[Na+]. The number of hydrogen-bond acceptors (Lipinski definition) is 8. The van der Waals surface area contributed by atoms with Crippen LogP contribution in [0.4, 0.5) is 5.69 Å². The number of rotatable bonds is 3. The molecule has 1 aromatic carbocycles. The number of hydrazine groups is 1. The Hall–Kier alpha value is 1.28. The molecule has 0 aliphatic rings. The van der Waals surface area contributed by atoms with Crippen LogP contribution < -0.4 is 70.4 Å². The third-order valence-corrected chi connectivity index (χ3v) is 4.81. The average Bonchev–Trinajstić information content (AvgIpc) is 2.14. The van der Waals surface area contributed by atoms with Gasteiger partial charge in [-0.25, -0.2) is 16.8 Å². The summed E-state index contributed by atoms with van der Waals surface area (Å²) in [5.41, 5.74) is 1.75. The van der Waals surface area contributed by atoms with Gasteiger partial charge in [-0.3, -0.25) is 5.84 Å². The largest absolute Gasteiger partial charge is 1.00 e. The molecular weight excluding hydrogens is 386 g/mol. The van der Waals surface area contributed by atoms with Crippen molar-refractivity contribution in [1.82, 2.24) is 0 Å². The van der Waals surface area contributed by atoms with Gasteiger partial charge >= 0.3 is 59.1 Å². The van der Waals surface area contributed by atoms with Gasteiger partial charge in [-0.15, -0.1) is 0 Å². The molecule has 0 heterocycles. The number of hydrogen-bond donors (Lipinski definition) is 2. The quantitative estimate of drug-likeness (QED) is 0.223. The number of nitrogens with two attached hydrogens (primary N) is 1. The summed E-state index contributed by atoms with van der Waals surface area (Å²) in [4.78, 5) is -1.77. The van der Waals surface area contributed by atoms with Crippen molar-refractivity contribution in [3.8, 4) is 0 Å². The summed E-state index contributed by atoms with van der Waals surface area (Å²) >= 11 is 2.59. The zero-order chi connectivity index (χ0) is 13.4. The number of benzene rings is 1. The zero-order valence-corrected chi connectivity index (χ0v) is 17.1. The molecular formula is C6H5BrN2Na2O6S2. The second-order valence-corrected chi connectivity index (χ2v) is 6.33. The summed E-state index contributed by atoms with van der Waals surface area (Å²) in [6, 6.07) is 1.61. The van der Waals surface area contributed by atoms with E-state index in [-0.39, 0.29) is 64.8 Å². The van der Waals surface area contributed by atoms with Crippen LogP contribution in [0.1, 0.15) is 0 Å². The first kappa shape index (κ1) is 22.6. The van der Waals surface area contributed by atoms with E-state index in [1.54, 1.807) is 0 Å². The molecule has 0 fully saturated rings. The van der Waals surface area contributed by atoms with Gasteiger partial charge in [0.25, 0.3) is 0 Å². The van der Waals surface area contributed by atoms with Gasteiger partial charge in [-0.05, 0) is 28.1 Å². The van der Waals surface area contributed by atoms with E-state index in [0.29, 0.717) is 0 Å². The van der Waals surface area contributed by atoms with Gasteiger partial charge in [0.1, 0.15) is 20.2 Å². The molecule has 19 heavy (non-hydrogen) atoms. The number of nitrogens with one attached hydrogen (secondary N) is 1. The molecule has 8 nitrogen and oxygen atoms in total. The fourth-order valence-electron chi connectivity index (χ4n) is 1.02. The summed E-state index contributed by atoms with van der Waals surface area (Å²) in [6.07, 6.45) is 0. The molecule has 0 aromatic heterocycles. The van der Waals surface area contributed by atoms with E-state index in [1.165, 1.54) is 0 Å². The molecule has 0 radical (unpaired) electrons. The van der Waals surface area contributed by atoms with Crippen molar-refractivity contribution in [2.24, 2.45) is 5.84 Å². The average molecular weight is 391 g/mol. The molecule has 0 aliphatic heterocycles. The maximum Gasteiger partial charge on any atom is 1.00 e. The number of nitrogen functional groups attached to an aromatic ring is 1. The van der Waals surface area contributed by atoms with E-state index in [0.717, 1.165) is 12.1 Å². The minimum Gasteiger partial charge on any atom is -0.744 e. The molecule has 0 amide bonds. The summed E-state index contributed by atoms with van der Waals surface area (Å²) in [7, 11) is -9.89. The maximum absolute atomic E-state index is 10.9. The normalized spacial score (nSPS) is 11.2. The van der Waals surface area contributed by atoms with Gasteiger partial charge in [0.2, 0.25) is 0 Å². The molecule has 0 spiro atoms. The van der Waals surface area contributed by atoms with Crippen LogP contribution in [0, 0.1) is 0 Å². The second-order valence-electron chi connectivity index (χ2n) is 2.84. The Morgan fingerprint density at radius 1 is 1.00 bits per heavy atom. The Balaban J connectivity index is 0. The standard InChI is InChI=1S/C6H7BrN2O6S2.2Na/c7-6-4(16(10,11)12)1-3(9-8)2-5(6)17(13,14)15;;/h1-2,9H,8H2,(H,10,11,12)(H,13,14,15);;/q;2*+1/p-2. The number of anilines is 1. The molecule has 0 aliphatic carbocycles. The van der Waals surface area contributed by atoms with E-state index in [2.05, 4.69) is 15.9 Å². The molecule has 0 unspecified atom stereocenters. The van der Waals surface area contributed by atoms with Crippen LogP contribution >= 0.6 is 15.9 Å². The summed E-state index contributed by atoms with van der Waals surface area (Å²) in [6.45, 7) is 0. The third-order valence-electron chi connectivity index (χ3n) is 1.71. The Kier molecular flexibility index (Phi) is 9.56. The van der Waals surface area contributed by atoms with E-state index in [9.17, 15) is 25.9 Å². The predicted octanol–water partition coefficient (Wildman–Crippen LogP) is -6.45. The van der Waals surface area contributed by atoms with Crippen molar-refractivity contribution >= 4 is 41.9 Å². The van der Waals surface area contributed by atoms with Crippen molar-refractivity contribution < 1.29 is 85.1 Å². The summed E-state index contributed by atoms with van der Waals surface area (Å²) in [5, 5.41) is 0. The molecule has 1 rings (SSSR count). The summed E-state index contributed by atoms with van der Waals surface area (Å²) in [5.74, 6) is 4.97. The van der Waals surface area contributed by atoms with Gasteiger partial charge in [0.05, 0.1) is 20.0 Å². The molecule has 0 saturated heterocycles. The first-order valence-electron chi connectivity index (χ1n) is 3.79. The Labute approximate surface area is 162 Å². The van der Waals surface area contributed by atoms with Crippen LogP contribution in [-0.2, 0) is 20.2 Å². The first-order chi connectivity index (χ1) is 7.57. The van der Waals surface area contributed by atoms with Crippen molar-refractivity contribution in [3.63, 3.8) is 0 Å². The van der Waals surface area contributed by atoms with Gasteiger partial charge in [0, 0.05) is 0 Å². The van der Waals surface area contributed by atoms with Crippen molar-refractivity contribution in [3.05, 3.63) is 16.6 Å². The molecule has 13 heteroatoms. The predicted molar refractivity (Wildman–Crippen MR) is 57.9 cm³/mol. The van der Waals surface area contributed by atoms with Crippen molar-refractivity contribution in [2.45, 2.75) is 9.79 Å². The molecule has 1 aromatic rings. The monoisotopic (exact) mass is 390 g/mol. The van der Waals surface area contributed by atoms with Crippen molar-refractivity contribution in [1.29, 1.82) is 0 Å². The van der Waals surface area contributed by atoms with Crippen LogP contribution in [0.3, 0.4) is 0 Å². The molecule has 3 N–H and O–H groups in total. The van der Waals surface area contributed by atoms with E-state index < -0.39 is 34.5 Å². The zero-order valence-electron chi connectivity index (χ0n) is 9.88. The van der Waals surface area contributed by atoms with Crippen LogP contribution in [0.15, 0.2) is 26.4 Å². The molecule has 0 saturated carbocycles. The third kappa shape index (κ3) is 5.88. The van der Waals surface area contributed by atoms with Gasteiger partial charge < -0.3 is 14.5 Å². The van der Waals surface area contributed by atoms with Crippen molar-refractivity contribution in [2.75, 3.05) is 5.43 Å². The van der Waals surface area contributed by atoms with Crippen LogP contribution in [0.5, 0.6) is 0 Å². The van der Waals surface area contributed by atoms with E-state index >= 15 is 0 Å². The minimum atomic E-state index is -4.94. The van der Waals surface area contributed by atoms with Gasteiger partial charge in [-0.1, -0.05) is 0 Å². The summed E-state index contributed by atoms with van der Waals surface area (Å²) < 4.78 is 64.5. The fraction of sp³-hybridized carbons (Fsp3) is 0. The maximum atomic E-state index is 10.9. The van der Waals surface area contributed by atoms with Gasteiger partial charge in [0.15, 0.2) is 0 Å². The van der Waals surface area contributed by atoms with E-state index in [1.807, 2.05) is 5.43 Å². The Morgan fingerprint density at radius 2 is 1.32 bits per heavy atom. The van der Waals surface area contributed by atoms with Gasteiger partial charge in [-0.2, -0.15) is 0 Å². The van der Waals surface area contributed by atoms with Crippen LogP contribution in [0.25, 0.3) is 0 Å². The van der Waals surface area contributed by atoms with Crippen LogP contribution in [0.2, 0.25) is 0 Å². The minimum absolute atomic E-state index is 0. The molecule has 0 atom stereocenters. The first-order valence-corrected chi connectivity index (χ1v) is 7.40. The molecule has 0 bridgehead atoms. The van der Waals surface area contributed by atoms with Crippen LogP contribution in [-0.4, -0.2) is 25.9 Å². The Bertz CT molecular complexity index is 609. The topological polar surface area (TPSA) is 152 Å². The fourth-order valence-corrected chi connectivity index (χ4v) is 3.70. The molecule has 96 valence electrons. The van der Waals surface area contributed by atoms with E-state index in [4.69, 9.17) is 5.84 Å². The Morgan fingerprint density at radius 3 is 1.53 bits per heavy atom. The number of halogens is 1. The second kappa shape index (κ2) is 8.06.